The minimum atomic E-state index is -5.08. The van der Waals surface area contributed by atoms with Gasteiger partial charge in [0.05, 0.1) is 19.2 Å². The van der Waals surface area contributed by atoms with Crippen LogP contribution in [-0.4, -0.2) is 51.2 Å². The van der Waals surface area contributed by atoms with Crippen LogP contribution in [0.4, 0.5) is 13.2 Å². The largest absolute Gasteiger partial charge is 0.490 e. The molecular weight excluding hydrogens is 313 g/mol. The van der Waals surface area contributed by atoms with Gasteiger partial charge in [0.15, 0.2) is 0 Å². The molecule has 0 aliphatic heterocycles. The molecule has 0 aliphatic rings. The standard InChI is InChI=1S/C9H12N2O4.C2HF3O2/c1-6-4-11(5-8(12)13)10-7(6)3-9(14)15-2;3-2(4,5)1(6)7/h4H,3,5H2,1-2H3,(H,12,13);(H,6,7). The third-order valence-corrected chi connectivity index (χ3v) is 2.13. The number of ether oxygens (including phenoxy) is 1. The summed E-state index contributed by atoms with van der Waals surface area (Å²) in [4.78, 5) is 30.3. The van der Waals surface area contributed by atoms with Crippen molar-refractivity contribution in [3.63, 3.8) is 0 Å². The van der Waals surface area contributed by atoms with Gasteiger partial charge in [0.1, 0.15) is 6.54 Å². The molecule has 2 N–H and O–H groups in total. The van der Waals surface area contributed by atoms with Crippen molar-refractivity contribution in [2.45, 2.75) is 26.1 Å². The minimum absolute atomic E-state index is 0.0644. The van der Waals surface area contributed by atoms with Crippen LogP contribution >= 0.6 is 0 Å². The predicted molar refractivity (Wildman–Crippen MR) is 64.0 cm³/mol. The monoisotopic (exact) mass is 326 g/mol. The van der Waals surface area contributed by atoms with Crippen molar-refractivity contribution >= 4 is 17.9 Å². The summed E-state index contributed by atoms with van der Waals surface area (Å²) in [5.74, 6) is -4.12. The highest BCUT2D eigenvalue weighted by Gasteiger charge is 2.38. The number of carbonyl (C=O) groups is 3. The van der Waals surface area contributed by atoms with E-state index in [-0.39, 0.29) is 13.0 Å². The summed E-state index contributed by atoms with van der Waals surface area (Å²) in [7, 11) is 1.30. The summed E-state index contributed by atoms with van der Waals surface area (Å²) in [6, 6.07) is 0. The van der Waals surface area contributed by atoms with Crippen LogP contribution in [0.1, 0.15) is 11.3 Å². The van der Waals surface area contributed by atoms with Crippen LogP contribution in [0, 0.1) is 6.92 Å². The Morgan fingerprint density at radius 3 is 2.18 bits per heavy atom. The molecule has 0 aromatic carbocycles. The fourth-order valence-electron chi connectivity index (χ4n) is 1.16. The van der Waals surface area contributed by atoms with Crippen molar-refractivity contribution in [2.75, 3.05) is 7.11 Å². The lowest BCUT2D eigenvalue weighted by atomic mass is 10.2. The van der Waals surface area contributed by atoms with E-state index in [1.807, 2.05) is 0 Å². The van der Waals surface area contributed by atoms with E-state index in [9.17, 15) is 22.8 Å². The minimum Gasteiger partial charge on any atom is -0.480 e. The second-order valence-electron chi connectivity index (χ2n) is 3.91. The average Bonchev–Trinajstić information content (AvgIpc) is 2.67. The van der Waals surface area contributed by atoms with E-state index < -0.39 is 24.1 Å². The number of halogens is 3. The summed E-state index contributed by atoms with van der Waals surface area (Å²) in [5.41, 5.74) is 1.32. The van der Waals surface area contributed by atoms with E-state index in [0.717, 1.165) is 5.56 Å². The second-order valence-corrected chi connectivity index (χ2v) is 3.91. The van der Waals surface area contributed by atoms with Gasteiger partial charge in [-0.3, -0.25) is 14.3 Å². The molecule has 0 fully saturated rings. The van der Waals surface area contributed by atoms with E-state index in [0.29, 0.717) is 5.69 Å². The molecule has 0 spiro atoms. The highest BCUT2D eigenvalue weighted by molar-refractivity contribution is 5.73. The smallest absolute Gasteiger partial charge is 0.480 e. The van der Waals surface area contributed by atoms with Gasteiger partial charge < -0.3 is 14.9 Å². The number of nitrogens with zero attached hydrogens (tertiary/aromatic N) is 2. The molecule has 0 atom stereocenters. The third-order valence-electron chi connectivity index (χ3n) is 2.13. The number of alkyl halides is 3. The Hall–Kier alpha value is -2.59. The summed E-state index contributed by atoms with van der Waals surface area (Å²) in [6.07, 6.45) is -3.43. The lowest BCUT2D eigenvalue weighted by Gasteiger charge is -1.96. The Labute approximate surface area is 122 Å². The predicted octanol–water partition coefficient (Wildman–Crippen LogP) is 0.625. The highest BCUT2D eigenvalue weighted by Crippen LogP contribution is 2.13. The molecule has 1 aromatic rings. The Balaban J connectivity index is 0.000000534. The van der Waals surface area contributed by atoms with Gasteiger partial charge in [-0.15, -0.1) is 0 Å². The van der Waals surface area contributed by atoms with Gasteiger partial charge in [-0.2, -0.15) is 18.3 Å². The fraction of sp³-hybridized carbons (Fsp3) is 0.455. The highest BCUT2D eigenvalue weighted by atomic mass is 19.4. The molecular formula is C11H13F3N2O6. The summed E-state index contributed by atoms with van der Waals surface area (Å²) >= 11 is 0. The normalized spacial score (nSPS) is 10.4. The summed E-state index contributed by atoms with van der Waals surface area (Å²) < 4.78 is 37.5. The first-order chi connectivity index (χ1) is 9.97. The average molecular weight is 326 g/mol. The Kier molecular flexibility index (Phi) is 7.06. The van der Waals surface area contributed by atoms with Crippen LogP contribution in [0.15, 0.2) is 6.20 Å². The van der Waals surface area contributed by atoms with E-state index >= 15 is 0 Å². The molecule has 124 valence electrons. The number of aryl methyl sites for hydroxylation is 1. The number of aromatic nitrogens is 2. The zero-order valence-electron chi connectivity index (χ0n) is 11.5. The molecule has 0 radical (unpaired) electrons. The van der Waals surface area contributed by atoms with Gasteiger partial charge in [0, 0.05) is 6.20 Å². The lowest BCUT2D eigenvalue weighted by molar-refractivity contribution is -0.192. The maximum absolute atomic E-state index is 11.0. The molecule has 1 rings (SSSR count). The Morgan fingerprint density at radius 2 is 1.82 bits per heavy atom. The number of carboxylic acids is 2. The maximum Gasteiger partial charge on any atom is 0.490 e. The van der Waals surface area contributed by atoms with Crippen LogP contribution in [0.5, 0.6) is 0 Å². The molecule has 1 aromatic heterocycles. The number of esters is 1. The number of aliphatic carboxylic acids is 2. The van der Waals surface area contributed by atoms with Crippen molar-refractivity contribution in [1.29, 1.82) is 0 Å². The van der Waals surface area contributed by atoms with Gasteiger partial charge in [-0.25, -0.2) is 4.79 Å². The molecule has 0 saturated heterocycles. The first-order valence-electron chi connectivity index (χ1n) is 5.59. The first kappa shape index (κ1) is 19.4. The SMILES string of the molecule is COC(=O)Cc1nn(CC(=O)O)cc1C.O=C(O)C(F)(F)F. The lowest BCUT2D eigenvalue weighted by Crippen LogP contribution is -2.21. The van der Waals surface area contributed by atoms with Crippen LogP contribution < -0.4 is 0 Å². The van der Waals surface area contributed by atoms with E-state index in [2.05, 4.69) is 9.84 Å². The molecule has 0 aliphatic carbocycles. The third kappa shape index (κ3) is 7.26. The van der Waals surface area contributed by atoms with E-state index in [1.54, 1.807) is 13.1 Å². The molecule has 11 heteroatoms. The number of hydrogen-bond acceptors (Lipinski definition) is 5. The number of methoxy groups -OCH3 is 1. The van der Waals surface area contributed by atoms with Gasteiger partial charge in [0.2, 0.25) is 0 Å². The molecule has 0 saturated carbocycles. The van der Waals surface area contributed by atoms with Gasteiger partial charge in [0.25, 0.3) is 0 Å². The maximum atomic E-state index is 11.0. The van der Waals surface area contributed by atoms with Gasteiger partial charge >= 0.3 is 24.1 Å². The van der Waals surface area contributed by atoms with Crippen LogP contribution in [0.2, 0.25) is 0 Å². The zero-order valence-corrected chi connectivity index (χ0v) is 11.5. The molecule has 1 heterocycles. The van der Waals surface area contributed by atoms with Crippen molar-refractivity contribution in [3.05, 3.63) is 17.5 Å². The van der Waals surface area contributed by atoms with Crippen LogP contribution in [0.3, 0.4) is 0 Å². The number of rotatable bonds is 4. The number of carboxylic acid groups (broad SMARTS) is 2. The Morgan fingerprint density at radius 1 is 1.32 bits per heavy atom. The van der Waals surface area contributed by atoms with E-state index in [1.165, 1.54) is 11.8 Å². The Bertz CT molecular complexity index is 553. The second kappa shape index (κ2) is 8.00. The van der Waals surface area contributed by atoms with Crippen molar-refractivity contribution in [1.82, 2.24) is 9.78 Å². The summed E-state index contributed by atoms with van der Waals surface area (Å²) in [5, 5.41) is 19.6. The van der Waals surface area contributed by atoms with E-state index in [4.69, 9.17) is 15.0 Å². The molecule has 0 amide bonds. The number of hydrogen-bond donors (Lipinski definition) is 2. The zero-order chi connectivity index (χ0) is 17.5. The molecule has 0 unspecified atom stereocenters. The first-order valence-corrected chi connectivity index (χ1v) is 5.59. The number of carbonyl (C=O) groups excluding carboxylic acids is 1. The van der Waals surface area contributed by atoms with Crippen LogP contribution in [-0.2, 0) is 32.1 Å². The van der Waals surface area contributed by atoms with Gasteiger partial charge in [-0.05, 0) is 12.5 Å². The fourth-order valence-corrected chi connectivity index (χ4v) is 1.16. The quantitative estimate of drug-likeness (QED) is 0.779. The molecule has 8 nitrogen and oxygen atoms in total. The van der Waals surface area contributed by atoms with Crippen LogP contribution in [0.25, 0.3) is 0 Å². The van der Waals surface area contributed by atoms with Crippen molar-refractivity contribution < 1.29 is 42.5 Å². The summed E-state index contributed by atoms with van der Waals surface area (Å²) in [6.45, 7) is 1.56. The molecule has 0 bridgehead atoms. The van der Waals surface area contributed by atoms with Gasteiger partial charge in [-0.1, -0.05) is 0 Å². The topological polar surface area (TPSA) is 119 Å². The van der Waals surface area contributed by atoms with Crippen molar-refractivity contribution in [2.24, 2.45) is 0 Å². The molecule has 22 heavy (non-hydrogen) atoms. The van der Waals surface area contributed by atoms with Crippen molar-refractivity contribution in [3.8, 4) is 0 Å².